The van der Waals surface area contributed by atoms with Crippen LogP contribution >= 0.6 is 0 Å². The summed E-state index contributed by atoms with van der Waals surface area (Å²) < 4.78 is 5.10. The summed E-state index contributed by atoms with van der Waals surface area (Å²) in [6.07, 6.45) is 3.06. The second kappa shape index (κ2) is 8.65. The molecule has 0 radical (unpaired) electrons. The zero-order valence-electron chi connectivity index (χ0n) is 10.7. The summed E-state index contributed by atoms with van der Waals surface area (Å²) in [4.78, 5) is 8.10. The topological polar surface area (TPSA) is 38.9 Å². The molecule has 2 rings (SSSR count). The summed E-state index contributed by atoms with van der Waals surface area (Å²) in [6.45, 7) is 9.94. The quantitative estimate of drug-likeness (QED) is 0.726. The van der Waals surface area contributed by atoms with Gasteiger partial charge in [-0.2, -0.15) is 0 Å². The van der Waals surface area contributed by atoms with Crippen molar-refractivity contribution >= 4 is 0 Å². The molecule has 16 heavy (non-hydrogen) atoms. The molecule has 0 aromatic carbocycles. The number of nitrogens with zero attached hydrogens (tertiary/aromatic N) is 2. The summed E-state index contributed by atoms with van der Waals surface area (Å²) in [6, 6.07) is 5.79. The zero-order valence-corrected chi connectivity index (χ0v) is 10.7. The van der Waals surface area contributed by atoms with E-state index in [0.717, 1.165) is 11.4 Å². The molecule has 0 saturated carbocycles. The lowest BCUT2D eigenvalue weighted by molar-refractivity contribution is 0.569. The lowest BCUT2D eigenvalue weighted by Crippen LogP contribution is -1.83. The fourth-order valence-corrected chi connectivity index (χ4v) is 1.02. The summed E-state index contributed by atoms with van der Waals surface area (Å²) >= 11 is 0. The third-order valence-electron chi connectivity index (χ3n) is 1.57. The Hall–Kier alpha value is -1.64. The Kier molecular flexibility index (Phi) is 7.76. The van der Waals surface area contributed by atoms with Crippen molar-refractivity contribution in [2.45, 2.75) is 34.6 Å². The van der Waals surface area contributed by atoms with Crippen LogP contribution in [0.5, 0.6) is 0 Å². The average Bonchev–Trinajstić information content (AvgIpc) is 2.88. The van der Waals surface area contributed by atoms with Crippen LogP contribution in [0.2, 0.25) is 0 Å². The third kappa shape index (κ3) is 4.26. The van der Waals surface area contributed by atoms with E-state index >= 15 is 0 Å². The lowest BCUT2D eigenvalue weighted by Gasteiger charge is -1.95. The van der Waals surface area contributed by atoms with Crippen LogP contribution in [-0.4, -0.2) is 9.97 Å². The molecular weight excluding hydrogens is 200 g/mol. The molecule has 0 atom stereocenters. The molecule has 2 aromatic rings. The number of oxazole rings is 1. The van der Waals surface area contributed by atoms with Gasteiger partial charge in [0.15, 0.2) is 12.2 Å². The van der Waals surface area contributed by atoms with Gasteiger partial charge in [0.1, 0.15) is 5.69 Å². The highest BCUT2D eigenvalue weighted by atomic mass is 16.3. The van der Waals surface area contributed by atoms with Gasteiger partial charge in [-0.1, -0.05) is 33.8 Å². The van der Waals surface area contributed by atoms with Crippen molar-refractivity contribution in [1.82, 2.24) is 9.97 Å². The fraction of sp³-hybridized carbons (Fsp3) is 0.385. The molecule has 0 amide bonds. The van der Waals surface area contributed by atoms with Crippen molar-refractivity contribution in [2.24, 2.45) is 0 Å². The van der Waals surface area contributed by atoms with Crippen LogP contribution in [0.25, 0.3) is 11.5 Å². The van der Waals surface area contributed by atoms with Crippen LogP contribution < -0.4 is 0 Å². The molecule has 0 fully saturated rings. The summed E-state index contributed by atoms with van der Waals surface area (Å²) in [5.74, 6) is 0.707. The van der Waals surface area contributed by atoms with Gasteiger partial charge in [0.25, 0.3) is 0 Å². The molecule has 3 nitrogen and oxygen atoms in total. The Balaban J connectivity index is 0.000000509. The van der Waals surface area contributed by atoms with Crippen LogP contribution in [0.4, 0.5) is 0 Å². The first-order valence-electron chi connectivity index (χ1n) is 5.69. The molecule has 0 saturated heterocycles. The third-order valence-corrected chi connectivity index (χ3v) is 1.57. The predicted molar refractivity (Wildman–Crippen MR) is 67.2 cm³/mol. The van der Waals surface area contributed by atoms with Crippen molar-refractivity contribution in [3.63, 3.8) is 0 Å². The van der Waals surface area contributed by atoms with Crippen molar-refractivity contribution in [3.8, 4) is 11.5 Å². The highest BCUT2D eigenvalue weighted by molar-refractivity contribution is 5.50. The van der Waals surface area contributed by atoms with Gasteiger partial charge in [0, 0.05) is 5.69 Å². The number of rotatable bonds is 1. The molecule has 0 aliphatic rings. The van der Waals surface area contributed by atoms with Crippen molar-refractivity contribution in [2.75, 3.05) is 0 Å². The van der Waals surface area contributed by atoms with Crippen molar-refractivity contribution < 1.29 is 4.42 Å². The Morgan fingerprint density at radius 3 is 2.25 bits per heavy atom. The second-order valence-electron chi connectivity index (χ2n) is 2.53. The van der Waals surface area contributed by atoms with Crippen molar-refractivity contribution in [3.05, 3.63) is 36.5 Å². The molecular formula is C13H20N2O. The number of hydrogen-bond acceptors (Lipinski definition) is 3. The zero-order chi connectivity index (χ0) is 12.4. The number of aryl methyl sites for hydroxylation is 1. The SMILES string of the molecule is CC.CC.Cc1cccc(-c2cnco2)n1. The largest absolute Gasteiger partial charge is 0.442 e. The van der Waals surface area contributed by atoms with Crippen LogP contribution in [-0.2, 0) is 0 Å². The minimum absolute atomic E-state index is 0.707. The molecule has 0 spiro atoms. The van der Waals surface area contributed by atoms with Crippen LogP contribution in [0.3, 0.4) is 0 Å². The van der Waals surface area contributed by atoms with Gasteiger partial charge in [-0.05, 0) is 19.1 Å². The Morgan fingerprint density at radius 1 is 1.06 bits per heavy atom. The molecule has 0 aliphatic heterocycles. The number of aromatic nitrogens is 2. The molecule has 0 N–H and O–H groups in total. The summed E-state index contributed by atoms with van der Waals surface area (Å²) in [5, 5.41) is 0. The van der Waals surface area contributed by atoms with E-state index in [0.29, 0.717) is 5.76 Å². The Bertz CT molecular complexity index is 369. The highest BCUT2D eigenvalue weighted by Gasteiger charge is 2.01. The highest BCUT2D eigenvalue weighted by Crippen LogP contribution is 2.15. The van der Waals surface area contributed by atoms with Gasteiger partial charge in [-0.3, -0.25) is 0 Å². The Morgan fingerprint density at radius 2 is 1.75 bits per heavy atom. The van der Waals surface area contributed by atoms with Crippen LogP contribution in [0.1, 0.15) is 33.4 Å². The van der Waals surface area contributed by atoms with E-state index in [9.17, 15) is 0 Å². The van der Waals surface area contributed by atoms with E-state index in [1.807, 2.05) is 52.8 Å². The van der Waals surface area contributed by atoms with Crippen molar-refractivity contribution in [1.29, 1.82) is 0 Å². The van der Waals surface area contributed by atoms with Gasteiger partial charge in [0.2, 0.25) is 0 Å². The maximum absolute atomic E-state index is 5.10. The molecule has 3 heteroatoms. The van der Waals surface area contributed by atoms with E-state index < -0.39 is 0 Å². The van der Waals surface area contributed by atoms with E-state index in [2.05, 4.69) is 9.97 Å². The molecule has 0 unspecified atom stereocenters. The van der Waals surface area contributed by atoms with Gasteiger partial charge in [0.05, 0.1) is 6.20 Å². The maximum atomic E-state index is 5.10. The predicted octanol–water partition coefficient (Wildman–Crippen LogP) is 4.10. The molecule has 0 aliphatic carbocycles. The Labute approximate surface area is 97.6 Å². The number of pyridine rings is 1. The van der Waals surface area contributed by atoms with E-state index in [1.54, 1.807) is 6.20 Å². The standard InChI is InChI=1S/C9H8N2O.2C2H6/c1-7-3-2-4-8(11-7)9-5-10-6-12-9;2*1-2/h2-6H,1H3;2*1-2H3. The summed E-state index contributed by atoms with van der Waals surface area (Å²) in [5.41, 5.74) is 1.80. The first-order chi connectivity index (χ1) is 7.86. The molecule has 0 bridgehead atoms. The fourth-order valence-electron chi connectivity index (χ4n) is 1.02. The van der Waals surface area contributed by atoms with Gasteiger partial charge in [-0.25, -0.2) is 9.97 Å². The molecule has 2 aromatic heterocycles. The summed E-state index contributed by atoms with van der Waals surface area (Å²) in [7, 11) is 0. The first kappa shape index (κ1) is 14.4. The van der Waals surface area contributed by atoms with Gasteiger partial charge < -0.3 is 4.42 Å². The molecule has 2 heterocycles. The van der Waals surface area contributed by atoms with Gasteiger partial charge in [-0.15, -0.1) is 0 Å². The van der Waals surface area contributed by atoms with E-state index in [1.165, 1.54) is 6.39 Å². The van der Waals surface area contributed by atoms with E-state index in [4.69, 9.17) is 4.42 Å². The van der Waals surface area contributed by atoms with Crippen LogP contribution in [0.15, 0.2) is 35.2 Å². The molecule has 88 valence electrons. The minimum atomic E-state index is 0.707. The van der Waals surface area contributed by atoms with Crippen LogP contribution in [0, 0.1) is 6.92 Å². The normalized spacial score (nSPS) is 8.31. The number of hydrogen-bond donors (Lipinski definition) is 0. The second-order valence-corrected chi connectivity index (χ2v) is 2.53. The average molecular weight is 220 g/mol. The monoisotopic (exact) mass is 220 g/mol. The first-order valence-corrected chi connectivity index (χ1v) is 5.69. The lowest BCUT2D eigenvalue weighted by atomic mass is 10.3. The smallest absolute Gasteiger partial charge is 0.181 e. The van der Waals surface area contributed by atoms with Gasteiger partial charge >= 0.3 is 0 Å². The minimum Gasteiger partial charge on any atom is -0.442 e. The maximum Gasteiger partial charge on any atom is 0.181 e. The van der Waals surface area contributed by atoms with E-state index in [-0.39, 0.29) is 0 Å².